The number of aromatic nitrogens is 4. The number of nitrogens with zero attached hydrogens (tertiary/aromatic N) is 5. The van der Waals surface area contributed by atoms with E-state index in [0.29, 0.717) is 41.9 Å². The Kier molecular flexibility index (Phi) is 6.46. The average Bonchev–Trinajstić information content (AvgIpc) is 3.42. The molecule has 0 unspecified atom stereocenters. The maximum absolute atomic E-state index is 12.6. The van der Waals surface area contributed by atoms with Crippen LogP contribution in [-0.4, -0.2) is 50.9 Å². The molecule has 0 spiro atoms. The molecule has 0 saturated carbocycles. The minimum absolute atomic E-state index is 0.0724. The second-order valence-electron chi connectivity index (χ2n) is 6.78. The number of anilines is 2. The van der Waals surface area contributed by atoms with E-state index in [9.17, 15) is 9.59 Å². The maximum Gasteiger partial charge on any atom is 0.234 e. The summed E-state index contributed by atoms with van der Waals surface area (Å²) in [5, 5.41) is 15.2. The van der Waals surface area contributed by atoms with Crippen LogP contribution < -0.4 is 15.0 Å². The molecular weight excluding hydrogens is 416 g/mol. The predicted molar refractivity (Wildman–Crippen MR) is 118 cm³/mol. The smallest absolute Gasteiger partial charge is 0.234 e. The first-order chi connectivity index (χ1) is 15.2. The number of benzene rings is 2. The Balaban J connectivity index is 1.45. The second kappa shape index (κ2) is 9.61. The summed E-state index contributed by atoms with van der Waals surface area (Å²) in [6.07, 6.45) is 1.35. The number of tetrazole rings is 1. The van der Waals surface area contributed by atoms with Crippen LogP contribution in [0.5, 0.6) is 5.75 Å². The Morgan fingerprint density at radius 3 is 2.71 bits per heavy atom. The van der Waals surface area contributed by atoms with Gasteiger partial charge in [0.25, 0.3) is 0 Å². The number of nitrogens with one attached hydrogen (secondary N) is 1. The number of hydrogen-bond donors (Lipinski definition) is 1. The van der Waals surface area contributed by atoms with E-state index in [1.807, 2.05) is 49.4 Å². The highest BCUT2D eigenvalue weighted by molar-refractivity contribution is 7.99. The monoisotopic (exact) mass is 438 g/mol. The quantitative estimate of drug-likeness (QED) is 0.540. The van der Waals surface area contributed by atoms with Crippen molar-refractivity contribution in [3.63, 3.8) is 0 Å². The van der Waals surface area contributed by atoms with E-state index < -0.39 is 0 Å². The van der Waals surface area contributed by atoms with E-state index >= 15 is 0 Å². The number of rotatable bonds is 8. The van der Waals surface area contributed by atoms with E-state index in [1.165, 1.54) is 11.8 Å². The lowest BCUT2D eigenvalue weighted by Crippen LogP contribution is -2.26. The van der Waals surface area contributed by atoms with Crippen molar-refractivity contribution in [1.29, 1.82) is 0 Å². The van der Waals surface area contributed by atoms with Crippen molar-refractivity contribution in [3.8, 4) is 11.4 Å². The molecule has 0 aliphatic carbocycles. The Morgan fingerprint density at radius 2 is 1.94 bits per heavy atom. The summed E-state index contributed by atoms with van der Waals surface area (Å²) >= 11 is 1.22. The molecule has 0 atom stereocenters. The van der Waals surface area contributed by atoms with Gasteiger partial charge in [0.05, 0.1) is 23.7 Å². The molecule has 0 bridgehead atoms. The summed E-state index contributed by atoms with van der Waals surface area (Å²) in [5.74, 6) is 0.632. The largest absolute Gasteiger partial charge is 0.492 e. The molecule has 2 aromatic carbocycles. The normalized spacial score (nSPS) is 13.5. The lowest BCUT2D eigenvalue weighted by Gasteiger charge is -2.19. The summed E-state index contributed by atoms with van der Waals surface area (Å²) in [6.45, 7) is 3.08. The average molecular weight is 439 g/mol. The van der Waals surface area contributed by atoms with Gasteiger partial charge in [-0.25, -0.2) is 0 Å². The molecule has 2 amide bonds. The summed E-state index contributed by atoms with van der Waals surface area (Å²) in [6, 6.07) is 14.8. The molecule has 3 aromatic rings. The molecule has 1 aliphatic heterocycles. The second-order valence-corrected chi connectivity index (χ2v) is 7.72. The summed E-state index contributed by atoms with van der Waals surface area (Å²) in [5.41, 5.74) is 2.04. The molecule has 31 heavy (non-hydrogen) atoms. The van der Waals surface area contributed by atoms with E-state index in [2.05, 4.69) is 20.8 Å². The number of carbonyl (C=O) groups excluding carboxylic acids is 2. The van der Waals surface area contributed by atoms with Gasteiger partial charge in [-0.05, 0) is 48.0 Å². The van der Waals surface area contributed by atoms with E-state index in [0.717, 1.165) is 12.1 Å². The van der Waals surface area contributed by atoms with Crippen LogP contribution in [0.25, 0.3) is 5.69 Å². The molecule has 1 aliphatic rings. The molecule has 1 aromatic heterocycles. The lowest BCUT2D eigenvalue weighted by atomic mass is 10.2. The number of hydrogen-bond acceptors (Lipinski definition) is 7. The number of carbonyl (C=O) groups is 2. The highest BCUT2D eigenvalue weighted by Gasteiger charge is 2.24. The fourth-order valence-electron chi connectivity index (χ4n) is 3.36. The van der Waals surface area contributed by atoms with Crippen molar-refractivity contribution < 1.29 is 14.3 Å². The van der Waals surface area contributed by atoms with Crippen molar-refractivity contribution in [2.75, 3.05) is 29.1 Å². The molecule has 160 valence electrons. The van der Waals surface area contributed by atoms with Crippen LogP contribution in [0.3, 0.4) is 0 Å². The first kappa shape index (κ1) is 20.9. The topological polar surface area (TPSA) is 102 Å². The standard InChI is InChI=1S/C21H22N6O3S/c1-2-30-18-11-6-5-10-17(18)27-21(23-24-25-27)31-14-19(28)22-15-8-3-4-9-16(15)26-13-7-12-20(26)29/h3-6,8-11H,2,7,12-14H2,1H3,(H,22,28). The van der Waals surface area contributed by atoms with Gasteiger partial charge in [0.2, 0.25) is 17.0 Å². The fraction of sp³-hybridized carbons (Fsp3) is 0.286. The highest BCUT2D eigenvalue weighted by atomic mass is 32.2. The van der Waals surface area contributed by atoms with Crippen molar-refractivity contribution in [3.05, 3.63) is 48.5 Å². The van der Waals surface area contributed by atoms with Crippen LogP contribution in [-0.2, 0) is 9.59 Å². The SMILES string of the molecule is CCOc1ccccc1-n1nnnc1SCC(=O)Nc1ccccc1N1CCCC1=O. The molecule has 1 N–H and O–H groups in total. The van der Waals surface area contributed by atoms with Crippen molar-refractivity contribution >= 4 is 35.0 Å². The van der Waals surface area contributed by atoms with Crippen molar-refractivity contribution in [2.45, 2.75) is 24.9 Å². The van der Waals surface area contributed by atoms with Gasteiger partial charge < -0.3 is 15.0 Å². The molecule has 10 heteroatoms. The van der Waals surface area contributed by atoms with E-state index in [-0.39, 0.29) is 17.6 Å². The summed E-state index contributed by atoms with van der Waals surface area (Å²) < 4.78 is 7.21. The summed E-state index contributed by atoms with van der Waals surface area (Å²) in [7, 11) is 0. The third-order valence-corrected chi connectivity index (χ3v) is 5.63. The zero-order valence-electron chi connectivity index (χ0n) is 17.0. The first-order valence-corrected chi connectivity index (χ1v) is 11.0. The van der Waals surface area contributed by atoms with Gasteiger partial charge in [-0.15, -0.1) is 5.10 Å². The fourth-order valence-corrected chi connectivity index (χ4v) is 4.05. The Morgan fingerprint density at radius 1 is 1.16 bits per heavy atom. The molecule has 0 radical (unpaired) electrons. The number of para-hydroxylation sites is 4. The first-order valence-electron chi connectivity index (χ1n) is 10.00. The number of ether oxygens (including phenoxy) is 1. The van der Waals surface area contributed by atoms with Crippen LogP contribution in [0.2, 0.25) is 0 Å². The van der Waals surface area contributed by atoms with Crippen LogP contribution in [0.1, 0.15) is 19.8 Å². The number of amides is 2. The molecular formula is C21H22N6O3S. The van der Waals surface area contributed by atoms with Crippen molar-refractivity contribution in [1.82, 2.24) is 20.2 Å². The minimum atomic E-state index is -0.211. The molecule has 1 fully saturated rings. The lowest BCUT2D eigenvalue weighted by molar-refractivity contribution is -0.117. The Bertz CT molecular complexity index is 1090. The van der Waals surface area contributed by atoms with Gasteiger partial charge in [-0.3, -0.25) is 9.59 Å². The van der Waals surface area contributed by atoms with Crippen LogP contribution in [0.15, 0.2) is 53.7 Å². The predicted octanol–water partition coefficient (Wildman–Crippen LogP) is 2.92. The molecule has 2 heterocycles. The van der Waals surface area contributed by atoms with Crippen molar-refractivity contribution in [2.24, 2.45) is 0 Å². The van der Waals surface area contributed by atoms with Crippen LogP contribution >= 0.6 is 11.8 Å². The van der Waals surface area contributed by atoms with E-state index in [1.54, 1.807) is 15.6 Å². The molecule has 4 rings (SSSR count). The number of thioether (sulfide) groups is 1. The molecule has 1 saturated heterocycles. The van der Waals surface area contributed by atoms with Gasteiger partial charge in [0.15, 0.2) is 0 Å². The third kappa shape index (κ3) is 4.69. The molecule has 9 nitrogen and oxygen atoms in total. The maximum atomic E-state index is 12.6. The minimum Gasteiger partial charge on any atom is -0.492 e. The van der Waals surface area contributed by atoms with Gasteiger partial charge in [0.1, 0.15) is 11.4 Å². The Labute approximate surface area is 183 Å². The van der Waals surface area contributed by atoms with Gasteiger partial charge in [-0.1, -0.05) is 36.0 Å². The zero-order valence-corrected chi connectivity index (χ0v) is 17.8. The summed E-state index contributed by atoms with van der Waals surface area (Å²) in [4.78, 5) is 26.5. The van der Waals surface area contributed by atoms with Gasteiger partial charge >= 0.3 is 0 Å². The van der Waals surface area contributed by atoms with E-state index in [4.69, 9.17) is 4.74 Å². The highest BCUT2D eigenvalue weighted by Crippen LogP contribution is 2.30. The van der Waals surface area contributed by atoms with Gasteiger partial charge in [0, 0.05) is 13.0 Å². The van der Waals surface area contributed by atoms with Gasteiger partial charge in [-0.2, -0.15) is 4.68 Å². The zero-order chi connectivity index (χ0) is 21.6. The van der Waals surface area contributed by atoms with Crippen LogP contribution in [0.4, 0.5) is 11.4 Å². The van der Waals surface area contributed by atoms with Crippen LogP contribution in [0, 0.1) is 0 Å². The third-order valence-electron chi connectivity index (χ3n) is 4.71. The Hall–Kier alpha value is -3.40.